The van der Waals surface area contributed by atoms with E-state index in [9.17, 15) is 0 Å². The Bertz CT molecular complexity index is 56.3. The molecule has 0 rings (SSSR count). The predicted octanol–water partition coefficient (Wildman–Crippen LogP) is 3.40. The van der Waals surface area contributed by atoms with Gasteiger partial charge in [-0.25, -0.2) is 0 Å². The highest BCUT2D eigenvalue weighted by molar-refractivity contribution is 6.31. The van der Waals surface area contributed by atoms with E-state index in [0.29, 0.717) is 5.88 Å². The molecule has 0 saturated carbocycles. The molecule has 0 fully saturated rings. The van der Waals surface area contributed by atoms with E-state index >= 15 is 0 Å². The van der Waals surface area contributed by atoms with Gasteiger partial charge in [-0.15, -0.1) is 34.8 Å². The highest BCUT2D eigenvalue weighted by atomic mass is 35.5. The molecule has 9 heavy (non-hydrogen) atoms. The van der Waals surface area contributed by atoms with Crippen molar-refractivity contribution >= 4 is 34.8 Å². The maximum atomic E-state index is 5.67. The summed E-state index contributed by atoms with van der Waals surface area (Å²) in [7, 11) is 0. The van der Waals surface area contributed by atoms with Gasteiger partial charge in [0.05, 0.1) is 11.3 Å². The summed E-state index contributed by atoms with van der Waals surface area (Å²) in [5.41, 5.74) is 0. The normalized spacial score (nSPS) is 13.7. The number of hydrogen-bond acceptors (Lipinski definition) is 0. The quantitative estimate of drug-likeness (QED) is 0.458. The van der Waals surface area contributed by atoms with Crippen LogP contribution in [0.25, 0.3) is 0 Å². The summed E-state index contributed by atoms with van der Waals surface area (Å²) in [5, 5.41) is 0.00915. The van der Waals surface area contributed by atoms with Gasteiger partial charge in [-0.2, -0.15) is 0 Å². The van der Waals surface area contributed by atoms with Crippen LogP contribution in [0.15, 0.2) is 0 Å². The Labute approximate surface area is 71.5 Å². The van der Waals surface area contributed by atoms with Gasteiger partial charge in [0, 0.05) is 5.88 Å². The maximum Gasteiger partial charge on any atom is 0.0677 e. The van der Waals surface area contributed by atoms with Crippen LogP contribution in [0.5, 0.6) is 0 Å². The second-order valence-electron chi connectivity index (χ2n) is 1.83. The number of rotatable bonds is 5. The number of halogens is 3. The van der Waals surface area contributed by atoms with E-state index in [1.807, 2.05) is 0 Å². The topological polar surface area (TPSA) is 0 Å². The standard InChI is InChI=1S/C6H10Cl3/c7-4-2-1-3-6(9)5-8/h5-6H,1-4H2. The molecule has 0 amide bonds. The molecule has 0 N–H and O–H groups in total. The van der Waals surface area contributed by atoms with Crippen LogP contribution in [0.1, 0.15) is 19.3 Å². The van der Waals surface area contributed by atoms with Gasteiger partial charge in [0.1, 0.15) is 0 Å². The molecule has 0 aliphatic carbocycles. The van der Waals surface area contributed by atoms with Crippen LogP contribution in [0.4, 0.5) is 0 Å². The minimum Gasteiger partial charge on any atom is -0.127 e. The second kappa shape index (κ2) is 6.98. The maximum absolute atomic E-state index is 5.67. The molecule has 0 spiro atoms. The molecule has 1 atom stereocenters. The average Bonchev–Trinajstić information content (AvgIpc) is 1.89. The van der Waals surface area contributed by atoms with Gasteiger partial charge in [0.2, 0.25) is 0 Å². The van der Waals surface area contributed by atoms with Crippen LogP contribution in [0.3, 0.4) is 0 Å². The van der Waals surface area contributed by atoms with Crippen molar-refractivity contribution in [3.8, 4) is 0 Å². The Morgan fingerprint density at radius 2 is 2.00 bits per heavy atom. The smallest absolute Gasteiger partial charge is 0.0677 e. The molecule has 0 saturated heterocycles. The number of alkyl halides is 2. The largest absolute Gasteiger partial charge is 0.127 e. The van der Waals surface area contributed by atoms with Crippen LogP contribution < -0.4 is 0 Å². The molecule has 55 valence electrons. The first kappa shape index (κ1) is 9.87. The van der Waals surface area contributed by atoms with E-state index in [1.54, 1.807) is 0 Å². The first-order chi connectivity index (χ1) is 4.31. The van der Waals surface area contributed by atoms with E-state index in [1.165, 1.54) is 5.88 Å². The van der Waals surface area contributed by atoms with Gasteiger partial charge < -0.3 is 0 Å². The van der Waals surface area contributed by atoms with Crippen LogP contribution in [0, 0.1) is 5.88 Å². The first-order valence-corrected chi connectivity index (χ1v) is 4.35. The van der Waals surface area contributed by atoms with Crippen LogP contribution in [0.2, 0.25) is 0 Å². The molecular formula is C6H10Cl3. The molecule has 1 unspecified atom stereocenters. The lowest BCUT2D eigenvalue weighted by Crippen LogP contribution is -1.94. The van der Waals surface area contributed by atoms with Crippen molar-refractivity contribution in [1.29, 1.82) is 0 Å². The van der Waals surface area contributed by atoms with Gasteiger partial charge in [-0.05, 0) is 12.8 Å². The molecule has 1 radical (unpaired) electrons. The zero-order valence-electron chi connectivity index (χ0n) is 5.12. The number of unbranched alkanes of at least 4 members (excludes halogenated alkanes) is 1. The monoisotopic (exact) mass is 187 g/mol. The third kappa shape index (κ3) is 6.76. The zero-order valence-corrected chi connectivity index (χ0v) is 7.38. The van der Waals surface area contributed by atoms with Crippen molar-refractivity contribution in [3.05, 3.63) is 5.88 Å². The second-order valence-corrected chi connectivity index (χ2v) is 3.02. The predicted molar refractivity (Wildman–Crippen MR) is 44.4 cm³/mol. The molecular weight excluding hydrogens is 178 g/mol. The van der Waals surface area contributed by atoms with Crippen LogP contribution in [-0.2, 0) is 0 Å². The van der Waals surface area contributed by atoms with Crippen molar-refractivity contribution in [3.63, 3.8) is 0 Å². The molecule has 0 aromatic rings. The van der Waals surface area contributed by atoms with Crippen molar-refractivity contribution in [2.75, 3.05) is 5.88 Å². The van der Waals surface area contributed by atoms with Crippen molar-refractivity contribution in [2.24, 2.45) is 0 Å². The fraction of sp³-hybridized carbons (Fsp3) is 0.833. The van der Waals surface area contributed by atoms with E-state index < -0.39 is 0 Å². The molecule has 0 aliphatic rings. The first-order valence-electron chi connectivity index (χ1n) is 2.95. The Balaban J connectivity index is 2.88. The summed E-state index contributed by atoms with van der Waals surface area (Å²) in [4.78, 5) is 0. The average molecular weight is 189 g/mol. The SMILES string of the molecule is Cl[CH]C(Cl)CCCCCl. The van der Waals surface area contributed by atoms with Gasteiger partial charge in [-0.1, -0.05) is 6.42 Å². The molecule has 0 aliphatic heterocycles. The zero-order chi connectivity index (χ0) is 7.11. The summed E-state index contributed by atoms with van der Waals surface area (Å²) >= 11 is 16.5. The van der Waals surface area contributed by atoms with E-state index in [0.717, 1.165) is 19.3 Å². The van der Waals surface area contributed by atoms with Crippen LogP contribution >= 0.6 is 34.8 Å². The van der Waals surface area contributed by atoms with Crippen LogP contribution in [-0.4, -0.2) is 11.3 Å². The molecule has 0 heterocycles. The fourth-order valence-corrected chi connectivity index (χ4v) is 0.966. The van der Waals surface area contributed by atoms with Gasteiger partial charge in [0.15, 0.2) is 0 Å². The summed E-state index contributed by atoms with van der Waals surface area (Å²) < 4.78 is 0. The summed E-state index contributed by atoms with van der Waals surface area (Å²) in [6.45, 7) is 0. The lowest BCUT2D eigenvalue weighted by atomic mass is 10.2. The lowest BCUT2D eigenvalue weighted by molar-refractivity contribution is 0.731. The summed E-state index contributed by atoms with van der Waals surface area (Å²) in [6, 6.07) is 0. The molecule has 0 nitrogen and oxygen atoms in total. The Morgan fingerprint density at radius 3 is 2.44 bits per heavy atom. The minimum absolute atomic E-state index is 0.00915. The molecule has 0 aromatic heterocycles. The van der Waals surface area contributed by atoms with Crippen molar-refractivity contribution < 1.29 is 0 Å². The summed E-state index contributed by atoms with van der Waals surface area (Å²) in [6.07, 6.45) is 3.01. The van der Waals surface area contributed by atoms with Crippen molar-refractivity contribution in [2.45, 2.75) is 24.6 Å². The van der Waals surface area contributed by atoms with E-state index in [2.05, 4.69) is 0 Å². The Morgan fingerprint density at radius 1 is 1.33 bits per heavy atom. The van der Waals surface area contributed by atoms with Gasteiger partial charge in [-0.3, -0.25) is 0 Å². The number of hydrogen-bond donors (Lipinski definition) is 0. The Kier molecular flexibility index (Phi) is 7.66. The van der Waals surface area contributed by atoms with E-state index in [-0.39, 0.29) is 5.38 Å². The molecule has 3 heteroatoms. The molecule has 0 bridgehead atoms. The van der Waals surface area contributed by atoms with E-state index in [4.69, 9.17) is 34.8 Å². The fourth-order valence-electron chi connectivity index (χ4n) is 0.497. The lowest BCUT2D eigenvalue weighted by Gasteiger charge is -2.01. The minimum atomic E-state index is 0.00915. The summed E-state index contributed by atoms with van der Waals surface area (Å²) in [5.74, 6) is 2.20. The van der Waals surface area contributed by atoms with Crippen molar-refractivity contribution in [1.82, 2.24) is 0 Å². The highest BCUT2D eigenvalue weighted by Gasteiger charge is 2.00. The van der Waals surface area contributed by atoms with Gasteiger partial charge >= 0.3 is 0 Å². The third-order valence-electron chi connectivity index (χ3n) is 1.00. The molecule has 0 aromatic carbocycles. The van der Waals surface area contributed by atoms with Gasteiger partial charge in [0.25, 0.3) is 0 Å². The highest BCUT2D eigenvalue weighted by Crippen LogP contribution is 2.12. The third-order valence-corrected chi connectivity index (χ3v) is 2.04. The Hall–Kier alpha value is 0.870.